The number of fused-ring (bicyclic) bond motifs is 4. The molecule has 0 aliphatic heterocycles. The molecular formula is C62H96Si4. The van der Waals surface area contributed by atoms with E-state index in [4.69, 9.17) is 0 Å². The van der Waals surface area contributed by atoms with Gasteiger partial charge in [0.15, 0.2) is 0 Å². The van der Waals surface area contributed by atoms with Crippen LogP contribution >= 0.6 is 0 Å². The van der Waals surface area contributed by atoms with Crippen LogP contribution in [0.3, 0.4) is 0 Å². The Morgan fingerprint density at radius 1 is 0.667 bits per heavy atom. The zero-order valence-electron chi connectivity index (χ0n) is 44.2. The average Bonchev–Trinajstić information content (AvgIpc) is 4.17. The molecule has 8 aliphatic carbocycles. The molecule has 5 saturated carbocycles. The van der Waals surface area contributed by atoms with Crippen molar-refractivity contribution in [3.63, 3.8) is 0 Å². The fraction of sp³-hybridized carbons (Fsp3) is 0.710. The average molecular weight is 954 g/mol. The molecule has 11 unspecified atom stereocenters. The van der Waals surface area contributed by atoms with E-state index >= 15 is 0 Å². The van der Waals surface area contributed by atoms with Crippen LogP contribution in [-0.4, -0.2) is 30.4 Å². The van der Waals surface area contributed by atoms with E-state index in [1.165, 1.54) is 69.8 Å². The summed E-state index contributed by atoms with van der Waals surface area (Å²) in [6.07, 6.45) is 44.9. The van der Waals surface area contributed by atoms with Crippen LogP contribution in [0.4, 0.5) is 0 Å². The van der Waals surface area contributed by atoms with Gasteiger partial charge in [-0.25, -0.2) is 0 Å². The molecule has 66 heavy (non-hydrogen) atoms. The van der Waals surface area contributed by atoms with E-state index in [0.717, 1.165) is 64.3 Å². The van der Waals surface area contributed by atoms with Gasteiger partial charge < -0.3 is 0 Å². The van der Waals surface area contributed by atoms with Gasteiger partial charge in [0.2, 0.25) is 0 Å². The van der Waals surface area contributed by atoms with Crippen molar-refractivity contribution < 1.29 is 0 Å². The molecule has 5 fully saturated rings. The van der Waals surface area contributed by atoms with Crippen LogP contribution in [0.1, 0.15) is 164 Å². The molecule has 8 aliphatic rings. The van der Waals surface area contributed by atoms with E-state index < -0.39 is 30.4 Å². The zero-order chi connectivity index (χ0) is 46.2. The molecule has 360 valence electrons. The molecule has 0 heterocycles. The lowest BCUT2D eigenvalue weighted by Crippen LogP contribution is -2.61. The maximum atomic E-state index is 2.98. The van der Waals surface area contributed by atoms with Gasteiger partial charge in [0.1, 0.15) is 0 Å². The first-order chi connectivity index (χ1) is 31.6. The summed E-state index contributed by atoms with van der Waals surface area (Å²) < 4.78 is 0. The second kappa shape index (κ2) is 18.9. The van der Waals surface area contributed by atoms with Gasteiger partial charge in [0.05, 0.1) is 15.2 Å². The molecule has 0 spiro atoms. The minimum Gasteiger partial charge on any atom is -0.0803 e. The lowest BCUT2D eigenvalue weighted by Gasteiger charge is -2.53. The third-order valence-corrected chi connectivity index (χ3v) is 63.9. The quantitative estimate of drug-likeness (QED) is 0.156. The molecule has 0 bridgehead atoms. The highest BCUT2D eigenvalue weighted by atomic mass is 29.3. The highest BCUT2D eigenvalue weighted by Gasteiger charge is 2.60. The third-order valence-electron chi connectivity index (χ3n) is 23.8. The first-order valence-electron chi connectivity index (χ1n) is 28.9. The largest absolute Gasteiger partial charge is 0.0803 e. The Bertz CT molecular complexity index is 2130. The summed E-state index contributed by atoms with van der Waals surface area (Å²) in [7, 11) is -5.93. The van der Waals surface area contributed by atoms with Crippen LogP contribution < -0.4 is 0 Å². The van der Waals surface area contributed by atoms with Gasteiger partial charge in [-0.3, -0.25) is 0 Å². The molecule has 0 aromatic heterocycles. The minimum absolute atomic E-state index is 0.630. The van der Waals surface area contributed by atoms with Crippen LogP contribution in [0.25, 0.3) is 17.2 Å². The van der Waals surface area contributed by atoms with Gasteiger partial charge in [-0.05, 0) is 186 Å². The van der Waals surface area contributed by atoms with Crippen molar-refractivity contribution in [2.24, 2.45) is 53.3 Å². The number of hydrogen-bond donors (Lipinski definition) is 0. The number of benzene rings is 2. The summed E-state index contributed by atoms with van der Waals surface area (Å²) >= 11 is 0. The summed E-state index contributed by atoms with van der Waals surface area (Å²) in [6.45, 7) is 28.1. The van der Waals surface area contributed by atoms with Crippen molar-refractivity contribution in [2.75, 3.05) is 0 Å². The zero-order valence-corrected chi connectivity index (χ0v) is 48.2. The highest BCUT2D eigenvalue weighted by molar-refractivity contribution is 7.42. The number of unbranched alkanes of at least 4 members (excludes halogenated alkanes) is 1. The SMILES string of the molecule is CCCCC1CCC([Si](C)(C)[Si](C)(C)C2CCC3C2CC2CCCC2C3C2CCC(C(C)CCC3=CC([Si](C)(C)[Si](C)(C)C4C=Cc5c4cc4c(c5-c5ccccc5)CCC4)C=C3)CC2)C1. The van der Waals surface area contributed by atoms with Crippen LogP contribution in [-0.2, 0) is 12.8 Å². The summed E-state index contributed by atoms with van der Waals surface area (Å²) in [5.41, 5.74) is 14.8. The maximum absolute atomic E-state index is 2.98. The van der Waals surface area contributed by atoms with Gasteiger partial charge in [-0.15, -0.1) is 0 Å². The van der Waals surface area contributed by atoms with Crippen molar-refractivity contribution in [3.05, 3.63) is 88.5 Å². The van der Waals surface area contributed by atoms with Crippen molar-refractivity contribution in [3.8, 4) is 11.1 Å². The van der Waals surface area contributed by atoms with Gasteiger partial charge in [-0.2, -0.15) is 0 Å². The Kier molecular flexibility index (Phi) is 13.8. The van der Waals surface area contributed by atoms with Crippen molar-refractivity contribution in [2.45, 2.75) is 223 Å². The summed E-state index contributed by atoms with van der Waals surface area (Å²) in [5.74, 6) is 9.39. The molecule has 2 aromatic carbocycles. The van der Waals surface area contributed by atoms with E-state index in [1.807, 2.05) is 0 Å². The fourth-order valence-electron chi connectivity index (χ4n) is 18.4. The fourth-order valence-corrected chi connectivity index (χ4v) is 43.1. The Morgan fingerprint density at radius 2 is 1.45 bits per heavy atom. The van der Waals surface area contributed by atoms with E-state index in [0.29, 0.717) is 11.1 Å². The summed E-state index contributed by atoms with van der Waals surface area (Å²) in [6, 6.07) is 14.1. The van der Waals surface area contributed by atoms with Crippen LogP contribution in [0.2, 0.25) is 69.0 Å². The lowest BCUT2D eigenvalue weighted by atomic mass is 9.57. The first-order valence-corrected chi connectivity index (χ1v) is 43.2. The van der Waals surface area contributed by atoms with Gasteiger partial charge in [-0.1, -0.05) is 196 Å². The molecule has 11 atom stereocenters. The predicted molar refractivity (Wildman–Crippen MR) is 300 cm³/mol. The van der Waals surface area contributed by atoms with E-state index in [9.17, 15) is 0 Å². The molecule has 10 rings (SSSR count). The second-order valence-electron chi connectivity index (χ2n) is 27.4. The molecule has 2 aromatic rings. The molecule has 0 saturated heterocycles. The number of hydrogen-bond acceptors (Lipinski definition) is 0. The topological polar surface area (TPSA) is 0 Å². The minimum atomic E-state index is -1.68. The van der Waals surface area contributed by atoms with E-state index in [1.54, 1.807) is 104 Å². The van der Waals surface area contributed by atoms with Crippen molar-refractivity contribution in [1.29, 1.82) is 0 Å². The molecule has 4 heteroatoms. The maximum Gasteiger partial charge on any atom is 0.0548 e. The normalized spacial score (nSPS) is 34.7. The number of allylic oxidation sites excluding steroid dienone is 5. The van der Waals surface area contributed by atoms with Crippen molar-refractivity contribution >= 4 is 36.4 Å². The number of aryl methyl sites for hydroxylation is 1. The standard InChI is InChI=1S/C62H96Si4/c1-11-12-18-44-27-33-51(39-44)63(3,4)65(7,8)60-38-36-56-58(60)42-50-22-17-24-54(50)62(56)48-31-29-46(30-32-48)43(2)25-26-45-28-34-52(40-45)64(5,6)66(9,10)59-37-35-55-57(59)41-49-21-16-23-53(49)61(55)47-19-14-13-15-20-47/h13-15,19-20,28,34-35,37,40-41,43-44,46,48,50-52,54,56,58-60,62H,11-12,16-18,21-27,29-33,36,38-39,42H2,1-10H3. The van der Waals surface area contributed by atoms with Crippen LogP contribution in [0.15, 0.2) is 66.3 Å². The summed E-state index contributed by atoms with van der Waals surface area (Å²) in [4.78, 5) is 0. The Hall–Kier alpha value is -1.47. The van der Waals surface area contributed by atoms with E-state index in [2.05, 4.69) is 133 Å². The molecule has 0 amide bonds. The van der Waals surface area contributed by atoms with Crippen LogP contribution in [0, 0.1) is 53.3 Å². The second-order valence-corrected chi connectivity index (χ2v) is 59.4. The smallest absolute Gasteiger partial charge is 0.0548 e. The summed E-state index contributed by atoms with van der Waals surface area (Å²) in [5, 5.41) is 0. The Morgan fingerprint density at radius 3 is 2.23 bits per heavy atom. The lowest BCUT2D eigenvalue weighted by molar-refractivity contribution is 0.00687. The molecule has 0 N–H and O–H groups in total. The van der Waals surface area contributed by atoms with Crippen LogP contribution in [0.5, 0.6) is 0 Å². The molecule has 0 nitrogen and oxygen atoms in total. The monoisotopic (exact) mass is 953 g/mol. The van der Waals surface area contributed by atoms with Gasteiger partial charge in [0, 0.05) is 15.2 Å². The Labute approximate surface area is 410 Å². The highest BCUT2D eigenvalue weighted by Crippen LogP contribution is 2.65. The van der Waals surface area contributed by atoms with Gasteiger partial charge >= 0.3 is 0 Å². The molecular weight excluding hydrogens is 857 g/mol. The molecule has 0 radical (unpaired) electrons. The van der Waals surface area contributed by atoms with Gasteiger partial charge in [0.25, 0.3) is 0 Å². The van der Waals surface area contributed by atoms with Crippen molar-refractivity contribution in [1.82, 2.24) is 0 Å². The Balaban J connectivity index is 0.758. The van der Waals surface area contributed by atoms with E-state index in [-0.39, 0.29) is 0 Å². The first kappa shape index (κ1) is 48.2. The number of rotatable bonds is 15. The third kappa shape index (κ3) is 8.43. The predicted octanol–water partition coefficient (Wildman–Crippen LogP) is 18.8.